The SMILES string of the molecule is COC(=O)CN1C(=O)[C@@H](N2C(=O)c3ccccc3C2=O)[C@H]1CC[N+](=O)[O-]. The van der Waals surface area contributed by atoms with Crippen molar-refractivity contribution < 1.29 is 28.8 Å². The molecule has 1 saturated heterocycles. The van der Waals surface area contributed by atoms with Crippen molar-refractivity contribution in [1.82, 2.24) is 9.80 Å². The van der Waals surface area contributed by atoms with Crippen LogP contribution in [0.25, 0.3) is 0 Å². The Morgan fingerprint density at radius 3 is 2.27 bits per heavy atom. The summed E-state index contributed by atoms with van der Waals surface area (Å²) < 4.78 is 4.52. The molecule has 1 fully saturated rings. The van der Waals surface area contributed by atoms with E-state index < -0.39 is 53.8 Å². The van der Waals surface area contributed by atoms with Gasteiger partial charge in [0, 0.05) is 11.3 Å². The lowest BCUT2D eigenvalue weighted by Crippen LogP contribution is -2.72. The molecular formula is C16H15N3O7. The molecule has 0 aromatic heterocycles. The summed E-state index contributed by atoms with van der Waals surface area (Å²) in [7, 11) is 1.15. The van der Waals surface area contributed by atoms with Crippen LogP contribution >= 0.6 is 0 Å². The number of nitro groups is 1. The Morgan fingerprint density at radius 1 is 1.19 bits per heavy atom. The summed E-state index contributed by atoms with van der Waals surface area (Å²) in [5, 5.41) is 10.7. The van der Waals surface area contributed by atoms with Gasteiger partial charge in [0.15, 0.2) is 0 Å². The van der Waals surface area contributed by atoms with Crippen LogP contribution in [0.4, 0.5) is 0 Å². The molecule has 0 bridgehead atoms. The predicted octanol–water partition coefficient (Wildman–Crippen LogP) is -0.298. The highest BCUT2D eigenvalue weighted by atomic mass is 16.6. The summed E-state index contributed by atoms with van der Waals surface area (Å²) in [5.41, 5.74) is 0.370. The largest absolute Gasteiger partial charge is 0.468 e. The third-order valence-corrected chi connectivity index (χ3v) is 4.54. The fraction of sp³-hybridized carbons (Fsp3) is 0.375. The molecule has 2 aliphatic heterocycles. The van der Waals surface area contributed by atoms with E-state index in [0.717, 1.165) is 16.9 Å². The molecule has 1 aromatic carbocycles. The second-order valence-electron chi connectivity index (χ2n) is 5.93. The molecule has 2 aliphatic rings. The molecule has 0 N–H and O–H groups in total. The number of methoxy groups -OCH3 is 1. The molecule has 3 rings (SSSR count). The van der Waals surface area contributed by atoms with E-state index in [1.54, 1.807) is 12.1 Å². The molecule has 0 aliphatic carbocycles. The van der Waals surface area contributed by atoms with E-state index in [-0.39, 0.29) is 17.5 Å². The Kier molecular flexibility index (Phi) is 4.41. The van der Waals surface area contributed by atoms with E-state index in [9.17, 15) is 29.3 Å². The first-order chi connectivity index (χ1) is 12.4. The molecule has 10 heteroatoms. The minimum absolute atomic E-state index is 0.0895. The topological polar surface area (TPSA) is 127 Å². The van der Waals surface area contributed by atoms with Crippen LogP contribution in [0.2, 0.25) is 0 Å². The molecular weight excluding hydrogens is 346 g/mol. The molecule has 1 aromatic rings. The smallest absolute Gasteiger partial charge is 0.325 e. The fourth-order valence-electron chi connectivity index (χ4n) is 3.28. The maximum Gasteiger partial charge on any atom is 0.325 e. The quantitative estimate of drug-likeness (QED) is 0.224. The van der Waals surface area contributed by atoms with E-state index >= 15 is 0 Å². The average Bonchev–Trinajstić information content (AvgIpc) is 2.87. The molecule has 0 unspecified atom stereocenters. The number of ether oxygens (including phenoxy) is 1. The zero-order valence-electron chi connectivity index (χ0n) is 13.8. The van der Waals surface area contributed by atoms with Crippen LogP contribution in [-0.4, -0.2) is 70.7 Å². The van der Waals surface area contributed by atoms with Crippen LogP contribution in [0, 0.1) is 10.1 Å². The van der Waals surface area contributed by atoms with Gasteiger partial charge in [-0.3, -0.25) is 34.2 Å². The van der Waals surface area contributed by atoms with Gasteiger partial charge in [-0.05, 0) is 12.1 Å². The van der Waals surface area contributed by atoms with Crippen molar-refractivity contribution in [2.45, 2.75) is 18.5 Å². The summed E-state index contributed by atoms with van der Waals surface area (Å²) in [6.45, 7) is -0.854. The van der Waals surface area contributed by atoms with E-state index in [1.807, 2.05) is 0 Å². The number of carbonyl (C=O) groups is 4. The minimum atomic E-state index is -1.16. The monoisotopic (exact) mass is 361 g/mol. The Labute approximate surface area is 147 Å². The number of benzene rings is 1. The normalized spacial score (nSPS) is 21.5. The summed E-state index contributed by atoms with van der Waals surface area (Å²) >= 11 is 0. The van der Waals surface area contributed by atoms with Gasteiger partial charge >= 0.3 is 5.97 Å². The van der Waals surface area contributed by atoms with E-state index in [2.05, 4.69) is 4.74 Å². The van der Waals surface area contributed by atoms with Gasteiger partial charge in [-0.1, -0.05) is 12.1 Å². The van der Waals surface area contributed by atoms with Gasteiger partial charge in [0.25, 0.3) is 11.8 Å². The number of amides is 3. The third-order valence-electron chi connectivity index (χ3n) is 4.54. The molecule has 2 heterocycles. The highest BCUT2D eigenvalue weighted by Crippen LogP contribution is 2.34. The Bertz CT molecular complexity index is 787. The van der Waals surface area contributed by atoms with Gasteiger partial charge in [0.1, 0.15) is 12.6 Å². The third kappa shape index (κ3) is 2.68. The lowest BCUT2D eigenvalue weighted by molar-refractivity contribution is -0.481. The van der Waals surface area contributed by atoms with Crippen molar-refractivity contribution in [2.24, 2.45) is 0 Å². The van der Waals surface area contributed by atoms with E-state index in [4.69, 9.17) is 0 Å². The van der Waals surface area contributed by atoms with Crippen molar-refractivity contribution in [3.8, 4) is 0 Å². The number of imide groups is 1. The molecule has 3 amide bonds. The minimum Gasteiger partial charge on any atom is -0.468 e. The molecule has 0 spiro atoms. The number of hydrogen-bond donors (Lipinski definition) is 0. The van der Waals surface area contributed by atoms with Crippen molar-refractivity contribution in [3.63, 3.8) is 0 Å². The second-order valence-corrected chi connectivity index (χ2v) is 5.93. The van der Waals surface area contributed by atoms with Crippen molar-refractivity contribution in [1.29, 1.82) is 0 Å². The van der Waals surface area contributed by atoms with Crippen LogP contribution in [0.3, 0.4) is 0 Å². The van der Waals surface area contributed by atoms with Crippen LogP contribution < -0.4 is 0 Å². The molecule has 0 saturated carbocycles. The van der Waals surface area contributed by atoms with Crippen LogP contribution in [0.1, 0.15) is 27.1 Å². The number of likely N-dealkylation sites (tertiary alicyclic amines) is 1. The summed E-state index contributed by atoms with van der Waals surface area (Å²) in [5.74, 6) is -2.54. The number of esters is 1. The molecule has 2 atom stereocenters. The zero-order chi connectivity index (χ0) is 19.0. The van der Waals surface area contributed by atoms with Crippen LogP contribution in [-0.2, 0) is 14.3 Å². The van der Waals surface area contributed by atoms with Gasteiger partial charge in [-0.25, -0.2) is 0 Å². The van der Waals surface area contributed by atoms with Crippen molar-refractivity contribution in [3.05, 3.63) is 45.5 Å². The number of hydrogen-bond acceptors (Lipinski definition) is 7. The fourth-order valence-corrected chi connectivity index (χ4v) is 3.28. The number of fused-ring (bicyclic) bond motifs is 1. The number of rotatable bonds is 6. The van der Waals surface area contributed by atoms with E-state index in [1.165, 1.54) is 12.1 Å². The first kappa shape index (κ1) is 17.5. The average molecular weight is 361 g/mol. The second kappa shape index (κ2) is 6.54. The summed E-state index contributed by atoms with van der Waals surface area (Å²) in [6, 6.07) is 4.20. The molecule has 26 heavy (non-hydrogen) atoms. The van der Waals surface area contributed by atoms with Crippen LogP contribution in [0.5, 0.6) is 0 Å². The van der Waals surface area contributed by atoms with Crippen molar-refractivity contribution >= 4 is 23.7 Å². The Hall–Kier alpha value is -3.30. The van der Waals surface area contributed by atoms with Crippen LogP contribution in [0.15, 0.2) is 24.3 Å². The summed E-state index contributed by atoms with van der Waals surface area (Å²) in [6.07, 6.45) is -0.0895. The van der Waals surface area contributed by atoms with Gasteiger partial charge < -0.3 is 9.64 Å². The zero-order valence-corrected chi connectivity index (χ0v) is 13.8. The van der Waals surface area contributed by atoms with Gasteiger partial charge in [0.2, 0.25) is 12.5 Å². The first-order valence-electron chi connectivity index (χ1n) is 7.82. The molecule has 136 valence electrons. The Morgan fingerprint density at radius 2 is 1.77 bits per heavy atom. The maximum absolute atomic E-state index is 12.6. The predicted molar refractivity (Wildman–Crippen MR) is 84.7 cm³/mol. The van der Waals surface area contributed by atoms with Gasteiger partial charge in [0.05, 0.1) is 24.3 Å². The lowest BCUT2D eigenvalue weighted by Gasteiger charge is -2.48. The van der Waals surface area contributed by atoms with E-state index in [0.29, 0.717) is 0 Å². The van der Waals surface area contributed by atoms with Crippen molar-refractivity contribution in [2.75, 3.05) is 20.2 Å². The molecule has 10 nitrogen and oxygen atoms in total. The number of carbonyl (C=O) groups excluding carboxylic acids is 4. The highest BCUT2D eigenvalue weighted by Gasteiger charge is 2.56. The summed E-state index contributed by atoms with van der Waals surface area (Å²) in [4.78, 5) is 61.2. The Balaban J connectivity index is 1.87. The maximum atomic E-state index is 12.6. The number of β-lactam (4-membered cyclic amide) rings is 1. The standard InChI is InChI=1S/C16H15N3O7/c1-26-12(20)8-17-11(6-7-18(24)25)13(16(17)23)19-14(21)9-4-2-3-5-10(9)15(19)22/h2-5,11,13H,6-8H2,1H3/t11-,13+/m1/s1. The first-order valence-corrected chi connectivity index (χ1v) is 7.82. The lowest BCUT2D eigenvalue weighted by atomic mass is 9.90. The highest BCUT2D eigenvalue weighted by molar-refractivity contribution is 6.23. The number of nitrogens with zero attached hydrogens (tertiary/aromatic N) is 3. The molecule has 0 radical (unpaired) electrons. The van der Waals surface area contributed by atoms with Gasteiger partial charge in [-0.15, -0.1) is 0 Å². The van der Waals surface area contributed by atoms with Gasteiger partial charge in [-0.2, -0.15) is 0 Å².